The summed E-state index contributed by atoms with van der Waals surface area (Å²) in [5.74, 6) is 0. The molecule has 0 atom stereocenters. The normalized spacial score (nSPS) is 8.31. The molecular weight excluding hydrogens is 363 g/mol. The Labute approximate surface area is 171 Å². The lowest BCUT2D eigenvalue weighted by Gasteiger charge is -2.01. The third-order valence-electron chi connectivity index (χ3n) is 2.83. The zero-order valence-electron chi connectivity index (χ0n) is 17.8. The molecule has 0 aromatic heterocycles. The van der Waals surface area contributed by atoms with Crippen LogP contribution in [0.2, 0.25) is 10.0 Å². The second kappa shape index (κ2) is 20.3. The molecule has 2 aromatic rings. The first-order chi connectivity index (χ1) is 12.5. The minimum Gasteiger partial charge on any atom is -0.326 e. The highest BCUT2D eigenvalue weighted by molar-refractivity contribution is 6.32. The summed E-state index contributed by atoms with van der Waals surface area (Å²) in [6.07, 6.45) is 0. The molecule has 0 fully saturated rings. The molecule has 0 aliphatic carbocycles. The van der Waals surface area contributed by atoms with E-state index in [4.69, 9.17) is 34.7 Å². The van der Waals surface area contributed by atoms with Crippen LogP contribution in [-0.4, -0.2) is 0 Å². The number of benzene rings is 2. The quantitative estimate of drug-likeness (QED) is 0.555. The molecule has 0 unspecified atom stereocenters. The van der Waals surface area contributed by atoms with Gasteiger partial charge in [0.05, 0.1) is 0 Å². The third kappa shape index (κ3) is 13.2. The van der Waals surface area contributed by atoms with Crippen LogP contribution in [0.4, 0.5) is 0 Å². The van der Waals surface area contributed by atoms with E-state index >= 15 is 0 Å². The first-order valence-corrected chi connectivity index (χ1v) is 10.1. The maximum Gasteiger partial charge on any atom is 0.0480 e. The Morgan fingerprint density at radius 3 is 1.69 bits per heavy atom. The fourth-order valence-electron chi connectivity index (χ4n) is 1.80. The van der Waals surface area contributed by atoms with E-state index in [2.05, 4.69) is 0 Å². The predicted octanol–water partition coefficient (Wildman–Crippen LogP) is 7.29. The molecule has 0 spiro atoms. The number of aryl methyl sites for hydroxylation is 2. The number of rotatable bonds is 2. The minimum atomic E-state index is 0.514. The number of hydrogen-bond donors (Lipinski definition) is 2. The van der Waals surface area contributed by atoms with Crippen molar-refractivity contribution in [3.8, 4) is 0 Å². The van der Waals surface area contributed by atoms with Crippen LogP contribution in [-0.2, 0) is 13.1 Å². The lowest BCUT2D eigenvalue weighted by Crippen LogP contribution is -1.97. The first-order valence-electron chi connectivity index (χ1n) is 9.38. The summed E-state index contributed by atoms with van der Waals surface area (Å²) in [7, 11) is 0. The van der Waals surface area contributed by atoms with Crippen LogP contribution in [0.3, 0.4) is 0 Å². The summed E-state index contributed by atoms with van der Waals surface area (Å²) in [4.78, 5) is 0. The van der Waals surface area contributed by atoms with Gasteiger partial charge in [-0.2, -0.15) is 0 Å². The zero-order valence-corrected chi connectivity index (χ0v) is 19.3. The highest BCUT2D eigenvalue weighted by atomic mass is 35.5. The van der Waals surface area contributed by atoms with Crippen molar-refractivity contribution in [2.75, 3.05) is 0 Å². The monoisotopic (exact) mass is 400 g/mol. The van der Waals surface area contributed by atoms with Gasteiger partial charge in [0.15, 0.2) is 0 Å². The van der Waals surface area contributed by atoms with Gasteiger partial charge in [-0.3, -0.25) is 0 Å². The summed E-state index contributed by atoms with van der Waals surface area (Å²) in [6.45, 7) is 17.1. The summed E-state index contributed by atoms with van der Waals surface area (Å²) in [5.41, 5.74) is 15.2. The van der Waals surface area contributed by atoms with Crippen molar-refractivity contribution in [2.45, 2.75) is 68.5 Å². The molecule has 4 N–H and O–H groups in total. The summed E-state index contributed by atoms with van der Waals surface area (Å²) < 4.78 is 0. The lowest BCUT2D eigenvalue weighted by atomic mass is 10.1. The molecule has 0 bridgehead atoms. The maximum atomic E-state index is 5.91. The minimum absolute atomic E-state index is 0.514. The van der Waals surface area contributed by atoms with Gasteiger partial charge in [0, 0.05) is 23.1 Å². The molecule has 0 saturated carbocycles. The van der Waals surface area contributed by atoms with Crippen molar-refractivity contribution in [2.24, 2.45) is 11.5 Å². The second-order valence-corrected chi connectivity index (χ2v) is 5.41. The van der Waals surface area contributed by atoms with E-state index in [0.717, 1.165) is 32.3 Å². The van der Waals surface area contributed by atoms with E-state index in [1.165, 1.54) is 0 Å². The second-order valence-electron chi connectivity index (χ2n) is 4.59. The molecule has 0 radical (unpaired) electrons. The van der Waals surface area contributed by atoms with Crippen LogP contribution in [0.25, 0.3) is 0 Å². The van der Waals surface area contributed by atoms with Crippen LogP contribution >= 0.6 is 23.2 Å². The van der Waals surface area contributed by atoms with E-state index in [0.29, 0.717) is 13.1 Å². The molecule has 0 heterocycles. The zero-order chi connectivity index (χ0) is 21.1. The molecule has 0 aliphatic heterocycles. The number of halogens is 2. The Kier molecular flexibility index (Phi) is 23.1. The van der Waals surface area contributed by atoms with Crippen LogP contribution in [0, 0.1) is 13.8 Å². The number of nitrogens with two attached hydrogens (primary N) is 2. The Bertz CT molecular complexity index is 550. The highest BCUT2D eigenvalue weighted by Gasteiger charge is 1.98. The maximum absolute atomic E-state index is 5.91. The molecule has 4 heteroatoms. The lowest BCUT2D eigenvalue weighted by molar-refractivity contribution is 1.07. The fourth-order valence-corrected chi connectivity index (χ4v) is 2.31. The van der Waals surface area contributed by atoms with E-state index in [1.54, 1.807) is 0 Å². The average molecular weight is 401 g/mol. The molecule has 0 amide bonds. The van der Waals surface area contributed by atoms with Gasteiger partial charge in [0.1, 0.15) is 0 Å². The molecule has 2 aromatic carbocycles. The molecule has 0 saturated heterocycles. The van der Waals surface area contributed by atoms with Crippen molar-refractivity contribution in [3.63, 3.8) is 0 Å². The molecule has 2 rings (SSSR count). The largest absolute Gasteiger partial charge is 0.326 e. The summed E-state index contributed by atoms with van der Waals surface area (Å²) >= 11 is 11.7. The van der Waals surface area contributed by atoms with Gasteiger partial charge in [-0.1, -0.05) is 89.0 Å². The Morgan fingerprint density at radius 2 is 1.31 bits per heavy atom. The van der Waals surface area contributed by atoms with E-state index in [1.807, 2.05) is 91.8 Å². The molecule has 26 heavy (non-hydrogen) atoms. The Hall–Kier alpha value is -1.06. The van der Waals surface area contributed by atoms with Gasteiger partial charge in [-0.05, 0) is 48.2 Å². The molecule has 2 nitrogen and oxygen atoms in total. The molecular formula is C22H38Cl2N2. The average Bonchev–Trinajstić information content (AvgIpc) is 2.68. The van der Waals surface area contributed by atoms with Crippen molar-refractivity contribution < 1.29 is 0 Å². The van der Waals surface area contributed by atoms with Crippen molar-refractivity contribution in [3.05, 3.63) is 68.7 Å². The van der Waals surface area contributed by atoms with E-state index < -0.39 is 0 Å². The van der Waals surface area contributed by atoms with Gasteiger partial charge in [-0.15, -0.1) is 0 Å². The van der Waals surface area contributed by atoms with Gasteiger partial charge in [0.25, 0.3) is 0 Å². The first kappa shape index (κ1) is 29.7. The Balaban J connectivity index is -0.000000316. The fraction of sp³-hybridized carbons (Fsp3) is 0.455. The van der Waals surface area contributed by atoms with Gasteiger partial charge < -0.3 is 11.5 Å². The van der Waals surface area contributed by atoms with Gasteiger partial charge >= 0.3 is 0 Å². The predicted molar refractivity (Wildman–Crippen MR) is 122 cm³/mol. The van der Waals surface area contributed by atoms with E-state index in [9.17, 15) is 0 Å². The standard InChI is InChI=1S/2C8H10ClN.3C2H6/c1-6-2-7(5-10)4-8(9)3-6;1-6-3-2-4-7(5-10)8(6)9;3*1-2/h2*2-4H,5,10H2,1H3;3*1-2H3. The van der Waals surface area contributed by atoms with Crippen LogP contribution in [0.15, 0.2) is 36.4 Å². The highest BCUT2D eigenvalue weighted by Crippen LogP contribution is 2.19. The van der Waals surface area contributed by atoms with Crippen molar-refractivity contribution in [1.29, 1.82) is 0 Å². The van der Waals surface area contributed by atoms with Crippen molar-refractivity contribution >= 4 is 23.2 Å². The summed E-state index contributed by atoms with van der Waals surface area (Å²) in [5, 5.41) is 1.56. The van der Waals surface area contributed by atoms with Gasteiger partial charge in [-0.25, -0.2) is 0 Å². The SMILES string of the molecule is CC.CC.CC.Cc1cc(Cl)cc(CN)c1.Cc1cccc(CN)c1Cl. The molecule has 150 valence electrons. The van der Waals surface area contributed by atoms with Crippen LogP contribution < -0.4 is 11.5 Å². The third-order valence-corrected chi connectivity index (χ3v) is 3.59. The van der Waals surface area contributed by atoms with Crippen LogP contribution in [0.5, 0.6) is 0 Å². The number of hydrogen-bond acceptors (Lipinski definition) is 2. The summed E-state index contributed by atoms with van der Waals surface area (Å²) in [6, 6.07) is 11.7. The van der Waals surface area contributed by atoms with Crippen LogP contribution in [0.1, 0.15) is 63.8 Å². The molecule has 0 aliphatic rings. The smallest absolute Gasteiger partial charge is 0.0480 e. The topological polar surface area (TPSA) is 52.0 Å². The van der Waals surface area contributed by atoms with Gasteiger partial charge in [0.2, 0.25) is 0 Å². The van der Waals surface area contributed by atoms with Crippen molar-refractivity contribution in [1.82, 2.24) is 0 Å². The van der Waals surface area contributed by atoms with E-state index in [-0.39, 0.29) is 0 Å². The Morgan fingerprint density at radius 1 is 0.769 bits per heavy atom.